The maximum Gasteiger partial charge on any atom is 0.136 e. The van der Waals surface area contributed by atoms with E-state index in [1.54, 1.807) is 0 Å². The van der Waals surface area contributed by atoms with Gasteiger partial charge in [-0.1, -0.05) is 43.6 Å². The van der Waals surface area contributed by atoms with Crippen LogP contribution in [0.1, 0.15) is 65.2 Å². The molecule has 0 aromatic carbocycles. The van der Waals surface area contributed by atoms with E-state index in [2.05, 4.69) is 38.0 Å². The van der Waals surface area contributed by atoms with Crippen molar-refractivity contribution < 1.29 is 9.90 Å². The summed E-state index contributed by atoms with van der Waals surface area (Å²) < 4.78 is 0. The van der Waals surface area contributed by atoms with Crippen LogP contribution in [0.15, 0.2) is 23.8 Å². The molecule has 3 saturated carbocycles. The van der Waals surface area contributed by atoms with Gasteiger partial charge in [0.1, 0.15) is 11.4 Å². The van der Waals surface area contributed by atoms with E-state index >= 15 is 0 Å². The van der Waals surface area contributed by atoms with E-state index in [1.165, 1.54) is 11.1 Å². The van der Waals surface area contributed by atoms with Crippen molar-refractivity contribution in [2.75, 3.05) is 0 Å². The average molecular weight is 369 g/mol. The van der Waals surface area contributed by atoms with E-state index in [4.69, 9.17) is 0 Å². The first kappa shape index (κ1) is 18.3. The fraction of sp³-hybridized carbons (Fsp3) is 0.696. The third-order valence-electron chi connectivity index (χ3n) is 8.62. The molecule has 3 fully saturated rings. The first-order valence-corrected chi connectivity index (χ1v) is 11.3. The Morgan fingerprint density at radius 2 is 2.08 bits per heavy atom. The van der Waals surface area contributed by atoms with E-state index in [0.29, 0.717) is 36.4 Å². The number of ketones is 1. The molecular weight excluding hydrogens is 336 g/mol. The van der Waals surface area contributed by atoms with Gasteiger partial charge in [0.05, 0.1) is 10.2 Å². The van der Waals surface area contributed by atoms with Crippen LogP contribution in [-0.4, -0.2) is 26.7 Å². The summed E-state index contributed by atoms with van der Waals surface area (Å²) in [7, 11) is 0.800. The summed E-state index contributed by atoms with van der Waals surface area (Å²) in [6, 6.07) is 0. The number of hydrogen-bond acceptors (Lipinski definition) is 2. The molecule has 2 nitrogen and oxygen atoms in total. The third-order valence-corrected chi connectivity index (χ3v) is 8.87. The molecule has 4 rings (SSSR count). The summed E-state index contributed by atoms with van der Waals surface area (Å²) in [5, 5.41) is 11.5. The highest BCUT2D eigenvalue weighted by Crippen LogP contribution is 2.66. The van der Waals surface area contributed by atoms with Crippen LogP contribution < -0.4 is 0 Å². The molecule has 0 aromatic heterocycles. The number of aliphatic hydroxyl groups is 1. The van der Waals surface area contributed by atoms with Gasteiger partial charge in [0, 0.05) is 24.7 Å². The first-order valence-electron chi connectivity index (χ1n) is 10.3. The Hall–Kier alpha value is -1.11. The van der Waals surface area contributed by atoms with Crippen LogP contribution in [0.5, 0.6) is 0 Å². The number of Topliss-reactive ketones (excluding diaryl/α,β-unsaturated/α-hetero) is 1. The SMILES string of the molecule is C=C1CC2C3CC=C4CC(=O)CCC4(C)C3CCC2(C)C(O)(C#C[SiH3])C1. The van der Waals surface area contributed by atoms with Gasteiger partial charge in [-0.15, -0.1) is 5.54 Å². The van der Waals surface area contributed by atoms with Crippen molar-refractivity contribution in [2.24, 2.45) is 28.6 Å². The Morgan fingerprint density at radius 3 is 2.81 bits per heavy atom. The molecule has 6 unspecified atom stereocenters. The van der Waals surface area contributed by atoms with Gasteiger partial charge >= 0.3 is 0 Å². The lowest BCUT2D eigenvalue weighted by Crippen LogP contribution is -2.60. The van der Waals surface area contributed by atoms with Crippen LogP contribution in [0.3, 0.4) is 0 Å². The van der Waals surface area contributed by atoms with Gasteiger partial charge in [0.25, 0.3) is 0 Å². The molecule has 0 radical (unpaired) electrons. The minimum Gasteiger partial charge on any atom is -0.377 e. The standard InChI is InChI=1S/C23H32O2Si/c1-15-12-20-18-5-4-16-13-17(24)6-8-21(16,2)19(18)7-9-22(20,3)23(25,14-15)10-11-26/h4,18-20,25H,1,5-9,12-14H2,2-3,26H3. The smallest absolute Gasteiger partial charge is 0.136 e. The van der Waals surface area contributed by atoms with Gasteiger partial charge in [-0.3, -0.25) is 4.79 Å². The molecular formula is C23H32O2Si. The van der Waals surface area contributed by atoms with Crippen molar-refractivity contribution in [3.05, 3.63) is 23.8 Å². The van der Waals surface area contributed by atoms with Crippen molar-refractivity contribution >= 4 is 16.0 Å². The number of allylic oxidation sites excluding steroid dienone is 2. The highest BCUT2D eigenvalue weighted by atomic mass is 28.1. The van der Waals surface area contributed by atoms with Gasteiger partial charge in [-0.25, -0.2) is 0 Å². The average Bonchev–Trinajstić information content (AvgIpc) is 2.57. The molecule has 0 bridgehead atoms. The van der Waals surface area contributed by atoms with E-state index in [1.807, 2.05) is 0 Å². The lowest BCUT2D eigenvalue weighted by Gasteiger charge is -2.62. The summed E-state index contributed by atoms with van der Waals surface area (Å²) in [4.78, 5) is 12.0. The highest BCUT2D eigenvalue weighted by molar-refractivity contribution is 6.22. The van der Waals surface area contributed by atoms with Gasteiger partial charge in [-0.2, -0.15) is 0 Å². The maximum absolute atomic E-state index is 12.0. The fourth-order valence-electron chi connectivity index (χ4n) is 7.03. The fourth-order valence-corrected chi connectivity index (χ4v) is 7.44. The number of fused-ring (bicyclic) bond motifs is 5. The number of carbonyl (C=O) groups excluding carboxylic acids is 1. The zero-order chi connectivity index (χ0) is 18.7. The summed E-state index contributed by atoms with van der Waals surface area (Å²) in [5.41, 5.74) is 4.84. The Morgan fingerprint density at radius 1 is 1.31 bits per heavy atom. The molecule has 0 saturated heterocycles. The van der Waals surface area contributed by atoms with Crippen molar-refractivity contribution in [1.82, 2.24) is 0 Å². The summed E-state index contributed by atoms with van der Waals surface area (Å²) in [6.45, 7) is 8.98. The predicted molar refractivity (Wildman–Crippen MR) is 109 cm³/mol. The van der Waals surface area contributed by atoms with E-state index in [0.717, 1.165) is 48.8 Å². The second-order valence-corrected chi connectivity index (χ2v) is 10.3. The topological polar surface area (TPSA) is 37.3 Å². The van der Waals surface area contributed by atoms with Crippen LogP contribution in [0.4, 0.5) is 0 Å². The molecule has 0 aromatic rings. The zero-order valence-electron chi connectivity index (χ0n) is 16.5. The summed E-state index contributed by atoms with van der Waals surface area (Å²) >= 11 is 0. The van der Waals surface area contributed by atoms with Crippen LogP contribution in [-0.2, 0) is 4.79 Å². The molecule has 3 heteroatoms. The summed E-state index contributed by atoms with van der Waals surface area (Å²) in [6.07, 6.45) is 9.71. The molecule has 1 N–H and O–H groups in total. The van der Waals surface area contributed by atoms with Crippen LogP contribution in [0.2, 0.25) is 0 Å². The second-order valence-electron chi connectivity index (χ2n) is 9.80. The second kappa shape index (κ2) is 5.94. The van der Waals surface area contributed by atoms with Gasteiger partial charge in [0.2, 0.25) is 0 Å². The van der Waals surface area contributed by atoms with E-state index < -0.39 is 5.60 Å². The van der Waals surface area contributed by atoms with Gasteiger partial charge in [0.15, 0.2) is 0 Å². The lowest BCUT2D eigenvalue weighted by molar-refractivity contribution is -0.148. The normalized spacial score (nSPS) is 47.8. The molecule has 0 amide bonds. The molecule has 0 heterocycles. The van der Waals surface area contributed by atoms with E-state index in [-0.39, 0.29) is 10.8 Å². The monoisotopic (exact) mass is 368 g/mol. The van der Waals surface area contributed by atoms with Gasteiger partial charge < -0.3 is 5.11 Å². The number of hydrogen-bond donors (Lipinski definition) is 1. The Labute approximate surface area is 160 Å². The van der Waals surface area contributed by atoms with Crippen LogP contribution in [0.25, 0.3) is 0 Å². The molecule has 4 aliphatic rings. The molecule has 0 spiro atoms. The Bertz CT molecular complexity index is 756. The molecule has 26 heavy (non-hydrogen) atoms. The number of carbonyl (C=O) groups is 1. The van der Waals surface area contributed by atoms with Crippen LogP contribution >= 0.6 is 0 Å². The summed E-state index contributed by atoms with van der Waals surface area (Å²) in [5.74, 6) is 5.31. The van der Waals surface area contributed by atoms with Gasteiger partial charge in [-0.05, 0) is 55.3 Å². The first-order chi connectivity index (χ1) is 12.2. The predicted octanol–water partition coefficient (Wildman–Crippen LogP) is 3.13. The van der Waals surface area contributed by atoms with Crippen LogP contribution in [0, 0.1) is 40.0 Å². The minimum atomic E-state index is -0.910. The number of rotatable bonds is 0. The maximum atomic E-state index is 12.0. The zero-order valence-corrected chi connectivity index (χ0v) is 18.5. The molecule has 140 valence electrons. The molecule has 6 atom stereocenters. The Kier molecular flexibility index (Phi) is 4.17. The third kappa shape index (κ3) is 2.38. The largest absolute Gasteiger partial charge is 0.377 e. The minimum absolute atomic E-state index is 0.140. The van der Waals surface area contributed by atoms with E-state index in [9.17, 15) is 9.90 Å². The molecule has 0 aliphatic heterocycles. The van der Waals surface area contributed by atoms with Crippen molar-refractivity contribution in [2.45, 2.75) is 70.8 Å². The Balaban J connectivity index is 1.74. The highest BCUT2D eigenvalue weighted by Gasteiger charge is 2.62. The van der Waals surface area contributed by atoms with Crippen molar-refractivity contribution in [3.63, 3.8) is 0 Å². The van der Waals surface area contributed by atoms with Crippen molar-refractivity contribution in [3.8, 4) is 11.5 Å². The lowest BCUT2D eigenvalue weighted by atomic mass is 9.42. The van der Waals surface area contributed by atoms with Crippen molar-refractivity contribution in [1.29, 1.82) is 0 Å². The quantitative estimate of drug-likeness (QED) is 0.405. The molecule has 4 aliphatic carbocycles.